The van der Waals surface area contributed by atoms with Gasteiger partial charge in [0.15, 0.2) is 10.9 Å². The second kappa shape index (κ2) is 7.01. The molecule has 122 valence electrons. The minimum atomic E-state index is -0.239. The van der Waals surface area contributed by atoms with Gasteiger partial charge in [0.05, 0.1) is 5.25 Å². The van der Waals surface area contributed by atoms with Crippen LogP contribution in [0.1, 0.15) is 28.7 Å². The molecular weight excluding hydrogens is 318 g/mol. The Morgan fingerprint density at radius 1 is 1.08 bits per heavy atom. The number of para-hydroxylation sites is 1. The summed E-state index contributed by atoms with van der Waals surface area (Å²) in [6.45, 7) is 5.91. The lowest BCUT2D eigenvalue weighted by molar-refractivity contribution is 0.0993. The SMILES string of the molecule is Cc1cc(C(=O)[C@@H](C)Sc2ncccn2)c(C)n1-c1ccccc1. The van der Waals surface area contributed by atoms with E-state index in [1.807, 2.05) is 57.2 Å². The molecule has 3 rings (SSSR count). The number of ketones is 1. The van der Waals surface area contributed by atoms with Crippen LogP contribution in [0.5, 0.6) is 0 Å². The first-order valence-corrected chi connectivity index (χ1v) is 8.68. The lowest BCUT2D eigenvalue weighted by Crippen LogP contribution is -2.15. The highest BCUT2D eigenvalue weighted by Crippen LogP contribution is 2.26. The molecule has 24 heavy (non-hydrogen) atoms. The number of aromatic nitrogens is 3. The van der Waals surface area contributed by atoms with Crippen molar-refractivity contribution in [1.29, 1.82) is 0 Å². The zero-order chi connectivity index (χ0) is 17.1. The average molecular weight is 337 g/mol. The highest BCUT2D eigenvalue weighted by molar-refractivity contribution is 8.00. The Labute approximate surface area is 146 Å². The third kappa shape index (κ3) is 3.26. The van der Waals surface area contributed by atoms with Crippen LogP contribution in [-0.2, 0) is 0 Å². The summed E-state index contributed by atoms with van der Waals surface area (Å²) in [4.78, 5) is 21.2. The van der Waals surface area contributed by atoms with E-state index in [9.17, 15) is 4.79 Å². The van der Waals surface area contributed by atoms with Crippen LogP contribution in [0.4, 0.5) is 0 Å². The molecule has 0 radical (unpaired) electrons. The molecule has 1 atom stereocenters. The summed E-state index contributed by atoms with van der Waals surface area (Å²) in [5.74, 6) is 0.0998. The molecular formula is C19H19N3OS. The number of thioether (sulfide) groups is 1. The van der Waals surface area contributed by atoms with E-state index in [2.05, 4.69) is 14.5 Å². The molecule has 0 fully saturated rings. The maximum atomic E-state index is 12.9. The van der Waals surface area contributed by atoms with E-state index in [1.54, 1.807) is 18.5 Å². The van der Waals surface area contributed by atoms with Crippen LogP contribution in [-0.4, -0.2) is 25.6 Å². The van der Waals surface area contributed by atoms with Gasteiger partial charge in [0.2, 0.25) is 0 Å². The van der Waals surface area contributed by atoms with Crippen molar-refractivity contribution in [1.82, 2.24) is 14.5 Å². The Hall–Kier alpha value is -2.40. The first-order chi connectivity index (χ1) is 11.6. The van der Waals surface area contributed by atoms with Crippen LogP contribution in [0.2, 0.25) is 0 Å². The van der Waals surface area contributed by atoms with Crippen molar-refractivity contribution in [3.05, 3.63) is 71.8 Å². The van der Waals surface area contributed by atoms with Gasteiger partial charge < -0.3 is 4.57 Å². The molecule has 0 aliphatic rings. The minimum absolute atomic E-state index is 0.0998. The summed E-state index contributed by atoms with van der Waals surface area (Å²) in [7, 11) is 0. The molecule has 0 saturated heterocycles. The van der Waals surface area contributed by atoms with E-state index in [0.717, 1.165) is 22.6 Å². The Morgan fingerprint density at radius 3 is 2.42 bits per heavy atom. The van der Waals surface area contributed by atoms with Crippen molar-refractivity contribution in [2.45, 2.75) is 31.2 Å². The fourth-order valence-electron chi connectivity index (χ4n) is 2.76. The predicted molar refractivity (Wildman–Crippen MR) is 96.9 cm³/mol. The van der Waals surface area contributed by atoms with Gasteiger partial charge >= 0.3 is 0 Å². The number of Topliss-reactive ketones (excluding diaryl/α,β-unsaturated/α-hetero) is 1. The van der Waals surface area contributed by atoms with Crippen molar-refractivity contribution >= 4 is 17.5 Å². The van der Waals surface area contributed by atoms with Gasteiger partial charge in [0.25, 0.3) is 0 Å². The smallest absolute Gasteiger partial charge is 0.188 e. The maximum Gasteiger partial charge on any atom is 0.188 e. The maximum absolute atomic E-state index is 12.9. The van der Waals surface area contributed by atoms with Crippen molar-refractivity contribution in [2.75, 3.05) is 0 Å². The molecule has 0 N–H and O–H groups in total. The monoisotopic (exact) mass is 337 g/mol. The first-order valence-electron chi connectivity index (χ1n) is 7.80. The third-order valence-electron chi connectivity index (χ3n) is 3.90. The van der Waals surface area contributed by atoms with E-state index in [-0.39, 0.29) is 11.0 Å². The molecule has 0 unspecified atom stereocenters. The van der Waals surface area contributed by atoms with Crippen LogP contribution in [0, 0.1) is 13.8 Å². The van der Waals surface area contributed by atoms with Crippen LogP contribution < -0.4 is 0 Å². The molecule has 0 spiro atoms. The molecule has 3 aromatic rings. The number of rotatable bonds is 5. The zero-order valence-electron chi connectivity index (χ0n) is 13.9. The van der Waals surface area contributed by atoms with E-state index >= 15 is 0 Å². The van der Waals surface area contributed by atoms with E-state index in [0.29, 0.717) is 5.16 Å². The predicted octanol–water partition coefficient (Wildman–Crippen LogP) is 4.25. The number of aryl methyl sites for hydroxylation is 1. The van der Waals surface area contributed by atoms with Crippen molar-refractivity contribution in [2.24, 2.45) is 0 Å². The third-order valence-corrected chi connectivity index (χ3v) is 4.89. The number of carbonyl (C=O) groups excluding carboxylic acids is 1. The molecule has 4 nitrogen and oxygen atoms in total. The highest BCUT2D eigenvalue weighted by Gasteiger charge is 2.22. The molecule has 0 amide bonds. The van der Waals surface area contributed by atoms with Crippen LogP contribution in [0.3, 0.4) is 0 Å². The Bertz CT molecular complexity index is 844. The second-order valence-corrected chi connectivity index (χ2v) is 6.92. The van der Waals surface area contributed by atoms with Gasteiger partial charge in [0.1, 0.15) is 0 Å². The Balaban J connectivity index is 1.88. The molecule has 1 aromatic carbocycles. The van der Waals surface area contributed by atoms with Crippen molar-refractivity contribution in [3.63, 3.8) is 0 Å². The van der Waals surface area contributed by atoms with E-state index < -0.39 is 0 Å². The number of hydrogen-bond acceptors (Lipinski definition) is 4. The molecule has 0 saturated carbocycles. The normalized spacial score (nSPS) is 12.1. The molecule has 0 aliphatic heterocycles. The summed E-state index contributed by atoms with van der Waals surface area (Å²) in [5.41, 5.74) is 3.84. The van der Waals surface area contributed by atoms with Gasteiger partial charge in [-0.1, -0.05) is 30.0 Å². The molecule has 5 heteroatoms. The summed E-state index contributed by atoms with van der Waals surface area (Å²) < 4.78 is 2.11. The molecule has 0 bridgehead atoms. The Morgan fingerprint density at radius 2 is 1.75 bits per heavy atom. The summed E-state index contributed by atoms with van der Waals surface area (Å²) in [6, 6.07) is 13.8. The second-order valence-electron chi connectivity index (χ2n) is 5.61. The van der Waals surface area contributed by atoms with Gasteiger partial charge in [-0.2, -0.15) is 0 Å². The largest absolute Gasteiger partial charge is 0.318 e. The number of benzene rings is 1. The summed E-state index contributed by atoms with van der Waals surface area (Å²) in [6.07, 6.45) is 3.38. The summed E-state index contributed by atoms with van der Waals surface area (Å²) in [5, 5.41) is 0.382. The van der Waals surface area contributed by atoms with Gasteiger partial charge in [-0.15, -0.1) is 0 Å². The Kier molecular flexibility index (Phi) is 4.81. The molecule has 0 aliphatic carbocycles. The fourth-order valence-corrected chi connectivity index (χ4v) is 3.56. The van der Waals surface area contributed by atoms with Crippen LogP contribution >= 0.6 is 11.8 Å². The van der Waals surface area contributed by atoms with E-state index in [1.165, 1.54) is 11.8 Å². The van der Waals surface area contributed by atoms with Gasteiger partial charge in [-0.25, -0.2) is 9.97 Å². The zero-order valence-corrected chi connectivity index (χ0v) is 14.7. The molecule has 2 heterocycles. The lowest BCUT2D eigenvalue weighted by Gasteiger charge is -2.11. The fraction of sp³-hybridized carbons (Fsp3) is 0.211. The van der Waals surface area contributed by atoms with Crippen molar-refractivity contribution < 1.29 is 4.79 Å². The van der Waals surface area contributed by atoms with Crippen LogP contribution in [0.25, 0.3) is 5.69 Å². The van der Waals surface area contributed by atoms with Crippen molar-refractivity contribution in [3.8, 4) is 5.69 Å². The van der Waals surface area contributed by atoms with Gasteiger partial charge in [-0.3, -0.25) is 4.79 Å². The standard InChI is InChI=1S/C19H19N3OS/c1-13-12-17(14(2)22(13)16-8-5-4-6-9-16)18(23)15(3)24-19-20-10-7-11-21-19/h4-12,15H,1-3H3/t15-/m1/s1. The highest BCUT2D eigenvalue weighted by atomic mass is 32.2. The van der Waals surface area contributed by atoms with Gasteiger partial charge in [0, 0.05) is 35.0 Å². The van der Waals surface area contributed by atoms with E-state index in [4.69, 9.17) is 0 Å². The number of hydrogen-bond donors (Lipinski definition) is 0. The summed E-state index contributed by atoms with van der Waals surface area (Å²) >= 11 is 1.39. The first kappa shape index (κ1) is 16.5. The van der Waals surface area contributed by atoms with Crippen LogP contribution in [0.15, 0.2) is 60.0 Å². The average Bonchev–Trinajstić information content (AvgIpc) is 2.90. The van der Waals surface area contributed by atoms with Gasteiger partial charge in [-0.05, 0) is 45.0 Å². The quantitative estimate of drug-likeness (QED) is 0.397. The molecule has 2 aromatic heterocycles. The minimum Gasteiger partial charge on any atom is -0.318 e. The lowest BCUT2D eigenvalue weighted by atomic mass is 10.1. The number of nitrogens with zero attached hydrogens (tertiary/aromatic N) is 3. The number of carbonyl (C=O) groups is 1. The topological polar surface area (TPSA) is 47.8 Å².